The number of aromatic nitrogens is 4. The molecule has 2 aromatic carbocycles. The van der Waals surface area contributed by atoms with Crippen LogP contribution in [0.4, 0.5) is 11.6 Å². The number of hydrogen-bond donors (Lipinski definition) is 1. The van der Waals surface area contributed by atoms with Crippen LogP contribution in [0.3, 0.4) is 0 Å². The molecule has 34 heavy (non-hydrogen) atoms. The molecule has 1 saturated heterocycles. The molecule has 0 amide bonds. The third kappa shape index (κ3) is 3.82. The molecule has 6 rings (SSSR count). The predicted octanol–water partition coefficient (Wildman–Crippen LogP) is 5.31. The minimum absolute atomic E-state index is 0.490. The van der Waals surface area contributed by atoms with E-state index in [9.17, 15) is 0 Å². The first kappa shape index (κ1) is 20.6. The van der Waals surface area contributed by atoms with Crippen LogP contribution in [-0.2, 0) is 11.3 Å². The number of nitrogens with zero attached hydrogens (tertiary/aromatic N) is 6. The molecular formula is C26H25N7O. The zero-order chi connectivity index (χ0) is 22.9. The van der Waals surface area contributed by atoms with Gasteiger partial charge in [-0.25, -0.2) is 4.98 Å². The molecule has 0 saturated carbocycles. The predicted molar refractivity (Wildman–Crippen MR) is 133 cm³/mol. The highest BCUT2D eigenvalue weighted by atomic mass is 16.5. The third-order valence-electron chi connectivity index (χ3n) is 6.23. The maximum absolute atomic E-state index is 5.56. The van der Waals surface area contributed by atoms with Gasteiger partial charge in [-0.15, -0.1) is 5.11 Å². The number of aryl methyl sites for hydroxylation is 1. The number of aromatic amines is 1. The van der Waals surface area contributed by atoms with E-state index in [1.54, 1.807) is 0 Å². The minimum atomic E-state index is 0.490. The van der Waals surface area contributed by atoms with E-state index in [1.165, 1.54) is 5.39 Å². The molecule has 1 aliphatic heterocycles. The van der Waals surface area contributed by atoms with Gasteiger partial charge in [0, 0.05) is 52.9 Å². The van der Waals surface area contributed by atoms with E-state index in [2.05, 4.69) is 51.3 Å². The largest absolute Gasteiger partial charge is 0.378 e. The fourth-order valence-electron chi connectivity index (χ4n) is 4.48. The average molecular weight is 452 g/mol. The summed E-state index contributed by atoms with van der Waals surface area (Å²) in [6, 6.07) is 22.4. The Bertz CT molecular complexity index is 1480. The number of hydrogen-bond acceptors (Lipinski definition) is 6. The number of ether oxygens (including phenoxy) is 1. The maximum atomic E-state index is 5.56. The second-order valence-corrected chi connectivity index (χ2v) is 8.41. The van der Waals surface area contributed by atoms with Gasteiger partial charge < -0.3 is 14.6 Å². The molecule has 0 radical (unpaired) electrons. The monoisotopic (exact) mass is 451 g/mol. The van der Waals surface area contributed by atoms with Crippen molar-refractivity contribution < 1.29 is 4.74 Å². The summed E-state index contributed by atoms with van der Waals surface area (Å²) in [4.78, 5) is 10.4. The Labute approximate surface area is 196 Å². The molecule has 170 valence electrons. The van der Waals surface area contributed by atoms with Crippen LogP contribution in [0.25, 0.3) is 27.8 Å². The van der Waals surface area contributed by atoms with Crippen LogP contribution in [0.15, 0.2) is 77.0 Å². The summed E-state index contributed by atoms with van der Waals surface area (Å²) in [5, 5.41) is 15.1. The van der Waals surface area contributed by atoms with Gasteiger partial charge in [-0.2, -0.15) is 14.7 Å². The molecule has 0 bridgehead atoms. The fourth-order valence-corrected chi connectivity index (χ4v) is 4.48. The molecular weight excluding hydrogens is 426 g/mol. The lowest BCUT2D eigenvalue weighted by atomic mass is 10.1. The fraction of sp³-hybridized carbons (Fsp3) is 0.231. The van der Waals surface area contributed by atoms with Gasteiger partial charge in [-0.1, -0.05) is 48.5 Å². The highest BCUT2D eigenvalue weighted by molar-refractivity contribution is 5.84. The summed E-state index contributed by atoms with van der Waals surface area (Å²) in [5.74, 6) is 1.53. The number of azo groups is 1. The van der Waals surface area contributed by atoms with Crippen molar-refractivity contribution >= 4 is 28.2 Å². The topological polar surface area (TPSA) is 83.2 Å². The van der Waals surface area contributed by atoms with Crippen molar-refractivity contribution in [1.82, 2.24) is 19.6 Å². The van der Waals surface area contributed by atoms with E-state index in [0.717, 1.165) is 52.6 Å². The number of benzene rings is 2. The second-order valence-electron chi connectivity index (χ2n) is 8.41. The number of anilines is 1. The Balaban J connectivity index is 1.37. The quantitative estimate of drug-likeness (QED) is 0.367. The summed E-state index contributed by atoms with van der Waals surface area (Å²) in [6.07, 6.45) is 0. The molecule has 4 heterocycles. The smallest absolute Gasteiger partial charge is 0.179 e. The standard InChI is InChI=1S/C26H25N7O/c1-18-21(20-9-5-6-10-22(20)28-18)17-27-30-24-16-26(32-11-13-34-14-12-32)33-25(29-24)15-23(31-33)19-7-3-2-4-8-19/h2-10,15-16,28H,11-14,17H2,1H3. The van der Waals surface area contributed by atoms with Crippen molar-refractivity contribution in [2.75, 3.05) is 31.2 Å². The molecule has 1 fully saturated rings. The molecule has 0 atom stereocenters. The van der Waals surface area contributed by atoms with Gasteiger partial charge in [0.25, 0.3) is 0 Å². The van der Waals surface area contributed by atoms with E-state index in [-0.39, 0.29) is 0 Å². The van der Waals surface area contributed by atoms with Crippen molar-refractivity contribution in [2.24, 2.45) is 10.2 Å². The SMILES string of the molecule is Cc1[nH]c2ccccc2c1CN=Nc1cc(N2CCOCC2)n2nc(-c3ccccc3)cc2n1. The summed E-state index contributed by atoms with van der Waals surface area (Å²) in [5.41, 5.74) is 6.07. The molecule has 0 spiro atoms. The van der Waals surface area contributed by atoms with Gasteiger partial charge >= 0.3 is 0 Å². The van der Waals surface area contributed by atoms with E-state index in [4.69, 9.17) is 14.8 Å². The lowest BCUT2D eigenvalue weighted by Crippen LogP contribution is -2.37. The van der Waals surface area contributed by atoms with Crippen LogP contribution >= 0.6 is 0 Å². The van der Waals surface area contributed by atoms with Crippen molar-refractivity contribution in [3.63, 3.8) is 0 Å². The molecule has 5 aromatic rings. The minimum Gasteiger partial charge on any atom is -0.378 e. The first-order chi connectivity index (χ1) is 16.8. The van der Waals surface area contributed by atoms with Crippen molar-refractivity contribution in [2.45, 2.75) is 13.5 Å². The Morgan fingerprint density at radius 3 is 2.65 bits per heavy atom. The van der Waals surface area contributed by atoms with Gasteiger partial charge in [0.2, 0.25) is 0 Å². The van der Waals surface area contributed by atoms with Gasteiger partial charge in [-0.3, -0.25) is 0 Å². The van der Waals surface area contributed by atoms with Gasteiger partial charge in [0.15, 0.2) is 11.5 Å². The van der Waals surface area contributed by atoms with Crippen LogP contribution < -0.4 is 4.90 Å². The maximum Gasteiger partial charge on any atom is 0.179 e. The Morgan fingerprint density at radius 2 is 1.79 bits per heavy atom. The van der Waals surface area contributed by atoms with E-state index in [0.29, 0.717) is 25.6 Å². The number of nitrogens with one attached hydrogen (secondary N) is 1. The highest BCUT2D eigenvalue weighted by Gasteiger charge is 2.18. The molecule has 1 aliphatic rings. The van der Waals surface area contributed by atoms with E-state index < -0.39 is 0 Å². The van der Waals surface area contributed by atoms with E-state index in [1.807, 2.05) is 47.0 Å². The molecule has 0 aliphatic carbocycles. The van der Waals surface area contributed by atoms with Gasteiger partial charge in [0.1, 0.15) is 5.82 Å². The summed E-state index contributed by atoms with van der Waals surface area (Å²) in [7, 11) is 0. The second kappa shape index (κ2) is 8.72. The Morgan fingerprint density at radius 1 is 1.00 bits per heavy atom. The van der Waals surface area contributed by atoms with Crippen LogP contribution in [0.5, 0.6) is 0 Å². The summed E-state index contributed by atoms with van der Waals surface area (Å²) < 4.78 is 7.46. The first-order valence-electron chi connectivity index (χ1n) is 11.5. The van der Waals surface area contributed by atoms with Crippen molar-refractivity contribution in [3.8, 4) is 11.3 Å². The lowest BCUT2D eigenvalue weighted by Gasteiger charge is -2.28. The number of morpholine rings is 1. The molecule has 0 unspecified atom stereocenters. The summed E-state index contributed by atoms with van der Waals surface area (Å²) >= 11 is 0. The van der Waals surface area contributed by atoms with Gasteiger partial charge in [0.05, 0.1) is 25.5 Å². The van der Waals surface area contributed by atoms with Crippen LogP contribution in [-0.4, -0.2) is 45.9 Å². The van der Waals surface area contributed by atoms with Crippen LogP contribution in [0, 0.1) is 6.92 Å². The van der Waals surface area contributed by atoms with Crippen LogP contribution in [0.2, 0.25) is 0 Å². The van der Waals surface area contributed by atoms with Crippen LogP contribution in [0.1, 0.15) is 11.3 Å². The van der Waals surface area contributed by atoms with Gasteiger partial charge in [-0.05, 0) is 13.0 Å². The number of para-hydroxylation sites is 1. The Hall–Kier alpha value is -4.04. The Kier molecular flexibility index (Phi) is 5.27. The van der Waals surface area contributed by atoms with E-state index >= 15 is 0 Å². The first-order valence-corrected chi connectivity index (χ1v) is 11.5. The molecule has 8 heteroatoms. The molecule has 3 aromatic heterocycles. The molecule has 1 N–H and O–H groups in total. The lowest BCUT2D eigenvalue weighted by molar-refractivity contribution is 0.122. The zero-order valence-corrected chi connectivity index (χ0v) is 19.0. The van der Waals surface area contributed by atoms with Crippen molar-refractivity contribution in [3.05, 3.63) is 78.0 Å². The number of fused-ring (bicyclic) bond motifs is 2. The number of rotatable bonds is 5. The molecule has 8 nitrogen and oxygen atoms in total. The number of H-pyrrole nitrogens is 1. The normalized spacial score (nSPS) is 14.6. The zero-order valence-electron chi connectivity index (χ0n) is 19.0. The third-order valence-corrected chi connectivity index (χ3v) is 6.23. The highest BCUT2D eigenvalue weighted by Crippen LogP contribution is 2.28. The van der Waals surface area contributed by atoms with Crippen molar-refractivity contribution in [1.29, 1.82) is 0 Å². The summed E-state index contributed by atoms with van der Waals surface area (Å²) in [6.45, 7) is 5.53. The average Bonchev–Trinajstić information content (AvgIpc) is 3.45.